The van der Waals surface area contributed by atoms with Crippen molar-refractivity contribution in [1.82, 2.24) is 4.90 Å². The minimum absolute atomic E-state index is 0.281. The van der Waals surface area contributed by atoms with Gasteiger partial charge in [-0.25, -0.2) is 9.59 Å². The van der Waals surface area contributed by atoms with Crippen LogP contribution in [-0.4, -0.2) is 52.5 Å². The highest BCUT2D eigenvalue weighted by Gasteiger charge is 2.51. The summed E-state index contributed by atoms with van der Waals surface area (Å²) in [6.45, 7) is 6.42. The highest BCUT2D eigenvalue weighted by atomic mass is 16.6. The first kappa shape index (κ1) is 14.1. The molecule has 0 aliphatic carbocycles. The Labute approximate surface area is 112 Å². The summed E-state index contributed by atoms with van der Waals surface area (Å²) >= 11 is 0. The molecule has 2 aliphatic rings. The standard InChI is InChI=1S/C13H21NO5/c1-12(2,3)19-11(17)14-7-6-13(14)5-4-9(10(15)16)18-8-13/h9H,4-8H2,1-3H3,(H,15,16). The van der Waals surface area contributed by atoms with Gasteiger partial charge in [0.2, 0.25) is 0 Å². The summed E-state index contributed by atoms with van der Waals surface area (Å²) in [6, 6.07) is 0. The first-order valence-electron chi connectivity index (χ1n) is 6.59. The third-order valence-corrected chi connectivity index (χ3v) is 3.69. The summed E-state index contributed by atoms with van der Waals surface area (Å²) in [7, 11) is 0. The molecule has 2 unspecified atom stereocenters. The quantitative estimate of drug-likeness (QED) is 0.784. The monoisotopic (exact) mass is 271 g/mol. The van der Waals surface area contributed by atoms with Crippen molar-refractivity contribution in [1.29, 1.82) is 0 Å². The van der Waals surface area contributed by atoms with Crippen LogP contribution < -0.4 is 0 Å². The van der Waals surface area contributed by atoms with Crippen LogP contribution in [0, 0.1) is 0 Å². The van der Waals surface area contributed by atoms with Gasteiger partial charge in [0.1, 0.15) is 5.60 Å². The van der Waals surface area contributed by atoms with Gasteiger partial charge in [-0.3, -0.25) is 0 Å². The Morgan fingerprint density at radius 2 is 2.05 bits per heavy atom. The van der Waals surface area contributed by atoms with E-state index < -0.39 is 17.7 Å². The predicted octanol–water partition coefficient (Wildman–Crippen LogP) is 1.63. The largest absolute Gasteiger partial charge is 0.479 e. The molecule has 1 N–H and O–H groups in total. The van der Waals surface area contributed by atoms with Gasteiger partial charge in [0.15, 0.2) is 6.10 Å². The summed E-state index contributed by atoms with van der Waals surface area (Å²) in [6.07, 6.45) is 0.860. The topological polar surface area (TPSA) is 76.1 Å². The molecule has 0 aromatic rings. The van der Waals surface area contributed by atoms with E-state index in [9.17, 15) is 9.59 Å². The van der Waals surface area contributed by atoms with Crippen LogP contribution in [-0.2, 0) is 14.3 Å². The molecule has 6 heteroatoms. The summed E-state index contributed by atoms with van der Waals surface area (Å²) in [5, 5.41) is 8.90. The molecule has 2 rings (SSSR count). The van der Waals surface area contributed by atoms with E-state index >= 15 is 0 Å². The van der Waals surface area contributed by atoms with Gasteiger partial charge in [0.05, 0.1) is 12.1 Å². The number of hydrogen-bond acceptors (Lipinski definition) is 4. The van der Waals surface area contributed by atoms with Crippen molar-refractivity contribution < 1.29 is 24.2 Å². The second kappa shape index (κ2) is 4.67. The SMILES string of the molecule is CC(C)(C)OC(=O)N1CCC12CCC(C(=O)O)OC2. The minimum Gasteiger partial charge on any atom is -0.479 e. The summed E-state index contributed by atoms with van der Waals surface area (Å²) in [5.74, 6) is -0.932. The molecule has 6 nitrogen and oxygen atoms in total. The number of nitrogens with zero attached hydrogens (tertiary/aromatic N) is 1. The fourth-order valence-corrected chi connectivity index (χ4v) is 2.56. The van der Waals surface area contributed by atoms with Crippen molar-refractivity contribution in [2.75, 3.05) is 13.2 Å². The number of carbonyl (C=O) groups is 2. The second-order valence-electron chi connectivity index (χ2n) is 6.28. The number of hydrogen-bond donors (Lipinski definition) is 1. The lowest BCUT2D eigenvalue weighted by molar-refractivity contribution is -0.168. The average Bonchev–Trinajstić information content (AvgIpc) is 2.25. The molecule has 0 aromatic heterocycles. The zero-order chi connectivity index (χ0) is 14.3. The lowest BCUT2D eigenvalue weighted by Crippen LogP contribution is -2.67. The molecule has 2 saturated heterocycles. The normalized spacial score (nSPS) is 30.9. The van der Waals surface area contributed by atoms with Gasteiger partial charge < -0.3 is 19.5 Å². The zero-order valence-electron chi connectivity index (χ0n) is 11.6. The molecule has 1 spiro atoms. The molecular weight excluding hydrogens is 250 g/mol. The molecule has 108 valence electrons. The van der Waals surface area contributed by atoms with Crippen LogP contribution in [0.15, 0.2) is 0 Å². The summed E-state index contributed by atoms with van der Waals surface area (Å²) in [4.78, 5) is 24.6. The van der Waals surface area contributed by atoms with Crippen molar-refractivity contribution in [3.8, 4) is 0 Å². The van der Waals surface area contributed by atoms with Crippen molar-refractivity contribution in [3.05, 3.63) is 0 Å². The molecule has 1 amide bonds. The molecule has 2 aliphatic heterocycles. The number of carbonyl (C=O) groups excluding carboxylic acids is 1. The van der Waals surface area contributed by atoms with E-state index in [0.717, 1.165) is 6.42 Å². The average molecular weight is 271 g/mol. The van der Waals surface area contributed by atoms with E-state index in [1.165, 1.54) is 0 Å². The first-order valence-corrected chi connectivity index (χ1v) is 6.59. The van der Waals surface area contributed by atoms with Crippen LogP contribution in [0.25, 0.3) is 0 Å². The molecule has 2 atom stereocenters. The Morgan fingerprint density at radius 3 is 2.42 bits per heavy atom. The molecular formula is C13H21NO5. The number of carboxylic acids is 1. The van der Waals surface area contributed by atoms with Crippen LogP contribution in [0.1, 0.15) is 40.0 Å². The number of likely N-dealkylation sites (tertiary alicyclic amines) is 1. The Bertz CT molecular complexity index is 379. The Hall–Kier alpha value is -1.30. The maximum Gasteiger partial charge on any atom is 0.410 e. The fraction of sp³-hybridized carbons (Fsp3) is 0.846. The zero-order valence-corrected chi connectivity index (χ0v) is 11.6. The number of aliphatic carboxylic acids is 1. The van der Waals surface area contributed by atoms with Gasteiger partial charge in [-0.15, -0.1) is 0 Å². The van der Waals surface area contributed by atoms with Crippen molar-refractivity contribution in [3.63, 3.8) is 0 Å². The molecule has 2 heterocycles. The minimum atomic E-state index is -0.932. The molecule has 0 bridgehead atoms. The van der Waals surface area contributed by atoms with Crippen LogP contribution in [0.5, 0.6) is 0 Å². The molecule has 0 aromatic carbocycles. The van der Waals surface area contributed by atoms with Crippen molar-refractivity contribution in [2.24, 2.45) is 0 Å². The number of carboxylic acid groups (broad SMARTS) is 1. The smallest absolute Gasteiger partial charge is 0.410 e. The first-order chi connectivity index (χ1) is 8.73. The molecule has 0 saturated carbocycles. The number of amides is 1. The Kier molecular flexibility index (Phi) is 3.47. The van der Waals surface area contributed by atoms with Gasteiger partial charge in [-0.05, 0) is 40.0 Å². The number of ether oxygens (including phenoxy) is 2. The lowest BCUT2D eigenvalue weighted by Gasteiger charge is -2.54. The highest BCUT2D eigenvalue weighted by molar-refractivity contribution is 5.73. The van der Waals surface area contributed by atoms with Crippen LogP contribution in [0.3, 0.4) is 0 Å². The Balaban J connectivity index is 1.95. The fourth-order valence-electron chi connectivity index (χ4n) is 2.56. The van der Waals surface area contributed by atoms with E-state index in [2.05, 4.69) is 0 Å². The van der Waals surface area contributed by atoms with Gasteiger partial charge in [0.25, 0.3) is 0 Å². The van der Waals surface area contributed by atoms with E-state index in [1.807, 2.05) is 20.8 Å². The lowest BCUT2D eigenvalue weighted by atomic mass is 9.79. The third kappa shape index (κ3) is 2.83. The number of rotatable bonds is 1. The van der Waals surface area contributed by atoms with Gasteiger partial charge >= 0.3 is 12.1 Å². The van der Waals surface area contributed by atoms with Crippen molar-refractivity contribution in [2.45, 2.75) is 57.3 Å². The molecule has 2 fully saturated rings. The molecule has 0 radical (unpaired) electrons. The van der Waals surface area contributed by atoms with Gasteiger partial charge in [-0.2, -0.15) is 0 Å². The van der Waals surface area contributed by atoms with E-state index in [4.69, 9.17) is 14.6 Å². The van der Waals surface area contributed by atoms with E-state index in [1.54, 1.807) is 4.90 Å². The second-order valence-corrected chi connectivity index (χ2v) is 6.28. The third-order valence-electron chi connectivity index (χ3n) is 3.69. The molecule has 19 heavy (non-hydrogen) atoms. The predicted molar refractivity (Wildman–Crippen MR) is 66.9 cm³/mol. The summed E-state index contributed by atoms with van der Waals surface area (Å²) < 4.78 is 10.7. The maximum atomic E-state index is 12.1. The Morgan fingerprint density at radius 1 is 1.37 bits per heavy atom. The highest BCUT2D eigenvalue weighted by Crippen LogP contribution is 2.40. The van der Waals surface area contributed by atoms with Crippen LogP contribution in [0.4, 0.5) is 4.79 Å². The van der Waals surface area contributed by atoms with Gasteiger partial charge in [0, 0.05) is 6.54 Å². The van der Waals surface area contributed by atoms with Crippen LogP contribution in [0.2, 0.25) is 0 Å². The maximum absolute atomic E-state index is 12.1. The van der Waals surface area contributed by atoms with E-state index in [0.29, 0.717) is 19.4 Å². The van der Waals surface area contributed by atoms with E-state index in [-0.39, 0.29) is 18.2 Å². The summed E-state index contributed by atoms with van der Waals surface area (Å²) in [5.41, 5.74) is -0.874. The van der Waals surface area contributed by atoms with Crippen LogP contribution >= 0.6 is 0 Å². The van der Waals surface area contributed by atoms with Crippen molar-refractivity contribution >= 4 is 12.1 Å². The van der Waals surface area contributed by atoms with Gasteiger partial charge in [-0.1, -0.05) is 0 Å².